The second-order valence-corrected chi connectivity index (χ2v) is 8.43. The van der Waals surface area contributed by atoms with Crippen molar-refractivity contribution < 1.29 is 38.3 Å². The topological polar surface area (TPSA) is 167 Å². The van der Waals surface area contributed by atoms with E-state index in [9.17, 15) is 9.90 Å². The minimum atomic E-state index is -0.620. The number of ether oxygens (including phenoxy) is 6. The summed E-state index contributed by atoms with van der Waals surface area (Å²) in [6, 6.07) is 0. The molecule has 1 unspecified atom stereocenters. The molecular weight excluding hydrogens is 498 g/mol. The molecule has 0 aromatic carbocycles. The zero-order valence-electron chi connectivity index (χ0n) is 23.4. The van der Waals surface area contributed by atoms with Crippen LogP contribution in [0.5, 0.6) is 0 Å². The summed E-state index contributed by atoms with van der Waals surface area (Å²) in [5.74, 6) is 4.89. The third-order valence-electron chi connectivity index (χ3n) is 4.98. The van der Waals surface area contributed by atoms with Crippen LogP contribution in [-0.4, -0.2) is 116 Å². The van der Waals surface area contributed by atoms with Gasteiger partial charge < -0.3 is 44.7 Å². The Labute approximate surface area is 228 Å². The van der Waals surface area contributed by atoms with Crippen LogP contribution >= 0.6 is 0 Å². The number of rotatable bonds is 31. The number of nitrogens with zero attached hydrogens (tertiary/aromatic N) is 2. The van der Waals surface area contributed by atoms with Crippen LogP contribution in [-0.2, 0) is 33.2 Å². The fourth-order valence-corrected chi connectivity index (χ4v) is 3.01. The number of nitrogens with two attached hydrogens (primary N) is 1. The van der Waals surface area contributed by atoms with E-state index in [-0.39, 0.29) is 5.91 Å². The highest BCUT2D eigenvalue weighted by Gasteiger charge is 2.06. The lowest BCUT2D eigenvalue weighted by Gasteiger charge is -2.13. The molecule has 226 valence electrons. The summed E-state index contributed by atoms with van der Waals surface area (Å²) in [6.45, 7) is 10.8. The number of hydrogen-bond acceptors (Lipinski definition) is 11. The number of nitrogens with one attached hydrogen (secondary N) is 2. The molecule has 0 aromatic rings. The minimum absolute atomic E-state index is 0.0147. The molecule has 1 amide bonds. The number of aliphatic hydroxyl groups is 1. The smallest absolute Gasteiger partial charge is 0.219 e. The highest BCUT2D eigenvalue weighted by Crippen LogP contribution is 1.99. The molecule has 0 bridgehead atoms. The van der Waals surface area contributed by atoms with Crippen LogP contribution in [0.3, 0.4) is 0 Å². The average molecular weight is 552 g/mol. The summed E-state index contributed by atoms with van der Waals surface area (Å²) in [6.07, 6.45) is 4.24. The standard InChI is InChI=1S/C25H53N5O8/c1-2-12-33-16-20-37-21-17-34-13-4-9-27-24(31)7-3-8-25(32)28-10-5-14-35-18-22-38-23-19-36-15-6-11-29-30-26/h24,27,31H,2-23H2,1H3,(H2,26,29)(H,28,32). The molecule has 0 fully saturated rings. The van der Waals surface area contributed by atoms with Crippen molar-refractivity contribution in [1.29, 1.82) is 0 Å². The quantitative estimate of drug-likeness (QED) is 0.0323. The van der Waals surface area contributed by atoms with E-state index >= 15 is 0 Å². The van der Waals surface area contributed by atoms with Crippen molar-refractivity contribution in [3.63, 3.8) is 0 Å². The molecule has 0 aliphatic carbocycles. The van der Waals surface area contributed by atoms with Crippen molar-refractivity contribution in [3.05, 3.63) is 0 Å². The van der Waals surface area contributed by atoms with Crippen molar-refractivity contribution in [3.8, 4) is 0 Å². The van der Waals surface area contributed by atoms with Crippen LogP contribution in [0.2, 0.25) is 0 Å². The van der Waals surface area contributed by atoms with Gasteiger partial charge in [-0.15, -0.1) is 0 Å². The molecule has 0 aromatic heterocycles. The van der Waals surface area contributed by atoms with Crippen molar-refractivity contribution in [1.82, 2.24) is 10.6 Å². The van der Waals surface area contributed by atoms with Gasteiger partial charge in [-0.25, -0.2) is 0 Å². The van der Waals surface area contributed by atoms with Crippen LogP contribution < -0.4 is 16.5 Å². The average Bonchev–Trinajstić information content (AvgIpc) is 2.91. The van der Waals surface area contributed by atoms with E-state index in [1.165, 1.54) is 0 Å². The second-order valence-electron chi connectivity index (χ2n) is 8.43. The molecule has 0 rings (SSSR count). The largest absolute Gasteiger partial charge is 0.379 e. The number of aliphatic hydroxyl groups excluding tert-OH is 1. The Morgan fingerprint density at radius 1 is 0.737 bits per heavy atom. The van der Waals surface area contributed by atoms with Gasteiger partial charge in [-0.05, 0) is 45.1 Å². The van der Waals surface area contributed by atoms with Crippen LogP contribution in [0, 0.1) is 0 Å². The van der Waals surface area contributed by atoms with E-state index in [1.807, 2.05) is 0 Å². The molecule has 0 aliphatic rings. The summed E-state index contributed by atoms with van der Waals surface area (Å²) >= 11 is 0. The first kappa shape index (κ1) is 36.5. The SMILES string of the molecule is CCCOCCOCCOCCCNC(O)CCCC(=O)NCCCOCCOCCOCCCN=NN. The molecule has 0 radical (unpaired) electrons. The maximum atomic E-state index is 11.9. The van der Waals surface area contributed by atoms with Gasteiger partial charge in [0.25, 0.3) is 0 Å². The van der Waals surface area contributed by atoms with Crippen molar-refractivity contribution in [2.24, 2.45) is 16.2 Å². The van der Waals surface area contributed by atoms with E-state index in [0.717, 1.165) is 32.3 Å². The normalized spacial score (nSPS) is 12.4. The lowest BCUT2D eigenvalue weighted by molar-refractivity contribution is -0.121. The van der Waals surface area contributed by atoms with Gasteiger partial charge in [0.2, 0.25) is 5.91 Å². The van der Waals surface area contributed by atoms with Gasteiger partial charge in [0.15, 0.2) is 0 Å². The van der Waals surface area contributed by atoms with Gasteiger partial charge in [0.1, 0.15) is 6.23 Å². The first-order valence-electron chi connectivity index (χ1n) is 13.9. The number of carbonyl (C=O) groups is 1. The summed E-state index contributed by atoms with van der Waals surface area (Å²) < 4.78 is 32.5. The number of amides is 1. The third kappa shape index (κ3) is 30.8. The summed E-state index contributed by atoms with van der Waals surface area (Å²) in [5, 5.41) is 22.7. The van der Waals surface area contributed by atoms with Gasteiger partial charge in [-0.3, -0.25) is 10.1 Å². The zero-order valence-corrected chi connectivity index (χ0v) is 23.4. The highest BCUT2D eigenvalue weighted by atomic mass is 16.5. The van der Waals surface area contributed by atoms with Crippen LogP contribution in [0.15, 0.2) is 10.3 Å². The van der Waals surface area contributed by atoms with Crippen LogP contribution in [0.1, 0.15) is 51.9 Å². The number of hydrogen-bond donors (Lipinski definition) is 4. The molecule has 0 saturated carbocycles. The zero-order chi connectivity index (χ0) is 27.8. The Hall–Kier alpha value is -1.45. The molecular formula is C25H53N5O8. The summed E-state index contributed by atoms with van der Waals surface area (Å²) in [5.41, 5.74) is 0. The molecule has 5 N–H and O–H groups in total. The fourth-order valence-electron chi connectivity index (χ4n) is 3.01. The van der Waals surface area contributed by atoms with Crippen molar-refractivity contribution in [2.75, 3.05) is 98.9 Å². The molecule has 1 atom stereocenters. The van der Waals surface area contributed by atoms with Gasteiger partial charge in [0.05, 0.1) is 59.4 Å². The van der Waals surface area contributed by atoms with Gasteiger partial charge in [0, 0.05) is 39.4 Å². The third-order valence-corrected chi connectivity index (χ3v) is 4.98. The lowest BCUT2D eigenvalue weighted by Crippen LogP contribution is -2.31. The molecule has 0 heterocycles. The Kier molecular flexibility index (Phi) is 30.6. The Balaban J connectivity index is 3.27. The second kappa shape index (κ2) is 31.8. The molecule has 38 heavy (non-hydrogen) atoms. The highest BCUT2D eigenvalue weighted by molar-refractivity contribution is 5.75. The molecule has 13 nitrogen and oxygen atoms in total. The van der Waals surface area contributed by atoms with E-state index < -0.39 is 6.23 Å². The predicted octanol–water partition coefficient (Wildman–Crippen LogP) is 1.19. The molecule has 0 saturated heterocycles. The Morgan fingerprint density at radius 2 is 1.24 bits per heavy atom. The van der Waals surface area contributed by atoms with Gasteiger partial charge in [-0.2, -0.15) is 5.11 Å². The van der Waals surface area contributed by atoms with Crippen LogP contribution in [0.4, 0.5) is 0 Å². The van der Waals surface area contributed by atoms with Gasteiger partial charge >= 0.3 is 0 Å². The van der Waals surface area contributed by atoms with E-state index in [4.69, 9.17) is 34.3 Å². The van der Waals surface area contributed by atoms with E-state index in [0.29, 0.717) is 112 Å². The molecule has 0 spiro atoms. The predicted molar refractivity (Wildman–Crippen MR) is 144 cm³/mol. The maximum Gasteiger partial charge on any atom is 0.219 e. The Morgan fingerprint density at radius 3 is 1.79 bits per heavy atom. The van der Waals surface area contributed by atoms with Crippen molar-refractivity contribution in [2.45, 2.75) is 58.1 Å². The minimum Gasteiger partial charge on any atom is -0.379 e. The first-order valence-corrected chi connectivity index (χ1v) is 13.9. The number of carbonyl (C=O) groups excluding carboxylic acids is 1. The van der Waals surface area contributed by atoms with E-state index in [1.54, 1.807) is 0 Å². The molecule has 0 aliphatic heterocycles. The maximum absolute atomic E-state index is 11.9. The Bertz CT molecular complexity index is 520. The summed E-state index contributed by atoms with van der Waals surface area (Å²) in [4.78, 5) is 11.9. The van der Waals surface area contributed by atoms with Gasteiger partial charge in [-0.1, -0.05) is 12.1 Å². The first-order chi connectivity index (χ1) is 18.7. The van der Waals surface area contributed by atoms with E-state index in [2.05, 4.69) is 27.9 Å². The molecule has 13 heteroatoms. The van der Waals surface area contributed by atoms with Crippen LogP contribution in [0.25, 0.3) is 0 Å². The fraction of sp³-hybridized carbons (Fsp3) is 0.960. The lowest BCUT2D eigenvalue weighted by atomic mass is 10.2. The summed E-state index contributed by atoms with van der Waals surface area (Å²) in [7, 11) is 0. The monoisotopic (exact) mass is 551 g/mol. The van der Waals surface area contributed by atoms with Crippen molar-refractivity contribution >= 4 is 5.91 Å².